The first-order valence-corrected chi connectivity index (χ1v) is 11.8. The number of hydrogen-bond donors (Lipinski definition) is 1. The van der Waals surface area contributed by atoms with E-state index < -0.39 is 6.04 Å². The van der Waals surface area contributed by atoms with Crippen molar-refractivity contribution in [1.82, 2.24) is 20.0 Å². The van der Waals surface area contributed by atoms with Crippen LogP contribution in [0.4, 0.5) is 0 Å². The van der Waals surface area contributed by atoms with E-state index in [1.54, 1.807) is 7.11 Å². The molecular weight excluding hydrogens is 416 g/mol. The van der Waals surface area contributed by atoms with E-state index >= 15 is 0 Å². The quantitative estimate of drug-likeness (QED) is 0.665. The zero-order chi connectivity index (χ0) is 23.0. The molecule has 33 heavy (non-hydrogen) atoms. The van der Waals surface area contributed by atoms with Crippen LogP contribution in [0.5, 0.6) is 0 Å². The van der Waals surface area contributed by atoms with Crippen molar-refractivity contribution in [3.05, 3.63) is 60.2 Å². The number of benzene rings is 2. The highest BCUT2D eigenvalue weighted by atomic mass is 16.5. The molecular formula is C26H34N4O3. The Morgan fingerprint density at radius 1 is 0.970 bits per heavy atom. The van der Waals surface area contributed by atoms with Crippen LogP contribution in [0.2, 0.25) is 0 Å². The Bertz CT molecular complexity index is 911. The molecule has 176 valence electrons. The Morgan fingerprint density at radius 2 is 1.67 bits per heavy atom. The van der Waals surface area contributed by atoms with Gasteiger partial charge in [-0.05, 0) is 16.7 Å². The number of nitrogens with one attached hydrogen (secondary N) is 1. The maximum atomic E-state index is 13.0. The number of carbonyl (C=O) groups excluding carboxylic acids is 2. The van der Waals surface area contributed by atoms with E-state index in [2.05, 4.69) is 51.5 Å². The molecule has 2 aliphatic heterocycles. The first-order valence-electron chi connectivity index (χ1n) is 11.8. The second-order valence-electron chi connectivity index (χ2n) is 8.76. The Morgan fingerprint density at radius 3 is 2.36 bits per heavy atom. The lowest BCUT2D eigenvalue weighted by Crippen LogP contribution is -2.57. The van der Waals surface area contributed by atoms with Gasteiger partial charge in [-0.1, -0.05) is 54.6 Å². The Kier molecular flexibility index (Phi) is 8.10. The van der Waals surface area contributed by atoms with Gasteiger partial charge in [0.05, 0.1) is 19.1 Å². The standard InChI is InChI=1S/C26H34N4O3/c1-33-18-17-28-13-15-29(16-14-28)25(31)19-24-26(32)27-11-12-30(24)20-21-7-9-23(10-8-21)22-5-3-2-4-6-22/h2-10,24H,11-20H2,1H3,(H,27,32). The number of nitrogens with zero attached hydrogens (tertiary/aromatic N) is 3. The van der Waals surface area contributed by atoms with Crippen molar-refractivity contribution in [3.63, 3.8) is 0 Å². The predicted molar refractivity (Wildman–Crippen MR) is 129 cm³/mol. The largest absolute Gasteiger partial charge is 0.383 e. The summed E-state index contributed by atoms with van der Waals surface area (Å²) in [6, 6.07) is 18.4. The van der Waals surface area contributed by atoms with E-state index in [0.29, 0.717) is 32.8 Å². The van der Waals surface area contributed by atoms with Gasteiger partial charge in [0.2, 0.25) is 11.8 Å². The minimum atomic E-state index is -0.424. The van der Waals surface area contributed by atoms with Crippen LogP contribution in [-0.2, 0) is 20.9 Å². The lowest BCUT2D eigenvalue weighted by molar-refractivity contribution is -0.140. The van der Waals surface area contributed by atoms with Crippen LogP contribution in [0, 0.1) is 0 Å². The van der Waals surface area contributed by atoms with Crippen LogP contribution >= 0.6 is 0 Å². The average molecular weight is 451 g/mol. The molecule has 4 rings (SSSR count). The number of methoxy groups -OCH3 is 1. The molecule has 0 saturated carbocycles. The molecule has 0 aromatic heterocycles. The van der Waals surface area contributed by atoms with Crippen LogP contribution in [0.1, 0.15) is 12.0 Å². The van der Waals surface area contributed by atoms with Gasteiger partial charge >= 0.3 is 0 Å². The third kappa shape index (κ3) is 6.19. The van der Waals surface area contributed by atoms with Crippen molar-refractivity contribution < 1.29 is 14.3 Å². The van der Waals surface area contributed by atoms with Crippen LogP contribution < -0.4 is 5.32 Å². The second kappa shape index (κ2) is 11.4. The summed E-state index contributed by atoms with van der Waals surface area (Å²) in [6.07, 6.45) is 0.228. The summed E-state index contributed by atoms with van der Waals surface area (Å²) in [7, 11) is 1.71. The minimum Gasteiger partial charge on any atom is -0.383 e. The van der Waals surface area contributed by atoms with Gasteiger partial charge in [0, 0.05) is 59.5 Å². The molecule has 2 amide bonds. The highest BCUT2D eigenvalue weighted by Gasteiger charge is 2.33. The fourth-order valence-corrected chi connectivity index (χ4v) is 4.58. The van der Waals surface area contributed by atoms with Gasteiger partial charge in [0.15, 0.2) is 0 Å². The summed E-state index contributed by atoms with van der Waals surface area (Å²) in [6.45, 7) is 6.73. The van der Waals surface area contributed by atoms with Gasteiger partial charge in [-0.3, -0.25) is 19.4 Å². The van der Waals surface area contributed by atoms with E-state index in [0.717, 1.165) is 31.7 Å². The van der Waals surface area contributed by atoms with Crippen LogP contribution in [0.15, 0.2) is 54.6 Å². The molecule has 1 unspecified atom stereocenters. The van der Waals surface area contributed by atoms with Gasteiger partial charge in [0.25, 0.3) is 0 Å². The first-order chi connectivity index (χ1) is 16.1. The predicted octanol–water partition coefficient (Wildman–Crippen LogP) is 1.83. The monoisotopic (exact) mass is 450 g/mol. The van der Waals surface area contributed by atoms with E-state index in [1.165, 1.54) is 11.1 Å². The third-order valence-corrected chi connectivity index (χ3v) is 6.59. The fourth-order valence-electron chi connectivity index (χ4n) is 4.58. The number of rotatable bonds is 8. The molecule has 7 heteroatoms. The van der Waals surface area contributed by atoms with Gasteiger partial charge < -0.3 is 15.0 Å². The van der Waals surface area contributed by atoms with Gasteiger partial charge in [0.1, 0.15) is 0 Å². The highest BCUT2D eigenvalue weighted by molar-refractivity contribution is 5.89. The van der Waals surface area contributed by atoms with Crippen molar-refractivity contribution in [1.29, 1.82) is 0 Å². The molecule has 2 fully saturated rings. The second-order valence-corrected chi connectivity index (χ2v) is 8.76. The molecule has 1 N–H and O–H groups in total. The minimum absolute atomic E-state index is 0.0470. The summed E-state index contributed by atoms with van der Waals surface area (Å²) >= 11 is 0. The molecule has 1 atom stereocenters. The molecule has 2 saturated heterocycles. The smallest absolute Gasteiger partial charge is 0.237 e. The average Bonchev–Trinajstić information content (AvgIpc) is 2.86. The Labute approximate surface area is 196 Å². The summed E-state index contributed by atoms with van der Waals surface area (Å²) in [5, 5.41) is 2.94. The van der Waals surface area contributed by atoms with Crippen molar-refractivity contribution >= 4 is 11.8 Å². The van der Waals surface area contributed by atoms with Crippen molar-refractivity contribution in [2.45, 2.75) is 19.0 Å². The summed E-state index contributed by atoms with van der Waals surface area (Å²) in [5.74, 6) is 0.0158. The lowest BCUT2D eigenvalue weighted by Gasteiger charge is -2.38. The zero-order valence-electron chi connectivity index (χ0n) is 19.4. The van der Waals surface area contributed by atoms with Crippen molar-refractivity contribution in [3.8, 4) is 11.1 Å². The zero-order valence-corrected chi connectivity index (χ0v) is 19.4. The van der Waals surface area contributed by atoms with Gasteiger partial charge in [-0.25, -0.2) is 0 Å². The highest BCUT2D eigenvalue weighted by Crippen LogP contribution is 2.21. The van der Waals surface area contributed by atoms with E-state index in [9.17, 15) is 9.59 Å². The number of hydrogen-bond acceptors (Lipinski definition) is 5. The Balaban J connectivity index is 1.35. The molecule has 2 aromatic carbocycles. The molecule has 0 radical (unpaired) electrons. The number of piperazine rings is 2. The molecule has 0 aliphatic carbocycles. The molecule has 0 spiro atoms. The van der Waals surface area contributed by atoms with E-state index in [1.807, 2.05) is 23.1 Å². The maximum Gasteiger partial charge on any atom is 0.237 e. The van der Waals surface area contributed by atoms with Gasteiger partial charge in [-0.15, -0.1) is 0 Å². The van der Waals surface area contributed by atoms with Crippen LogP contribution in [-0.4, -0.2) is 92.1 Å². The topological polar surface area (TPSA) is 65.1 Å². The fraction of sp³-hybridized carbons (Fsp3) is 0.462. The lowest BCUT2D eigenvalue weighted by atomic mass is 10.0. The van der Waals surface area contributed by atoms with Crippen molar-refractivity contribution in [2.75, 3.05) is 59.5 Å². The Hall–Kier alpha value is -2.74. The maximum absolute atomic E-state index is 13.0. The summed E-state index contributed by atoms with van der Waals surface area (Å²) in [5.41, 5.74) is 3.51. The molecule has 2 aliphatic rings. The number of carbonyl (C=O) groups is 2. The van der Waals surface area contributed by atoms with Gasteiger partial charge in [-0.2, -0.15) is 0 Å². The summed E-state index contributed by atoms with van der Waals surface area (Å²) in [4.78, 5) is 32.0. The van der Waals surface area contributed by atoms with Crippen molar-refractivity contribution in [2.24, 2.45) is 0 Å². The molecule has 0 bridgehead atoms. The first kappa shape index (κ1) is 23.4. The third-order valence-electron chi connectivity index (χ3n) is 6.59. The molecule has 2 heterocycles. The molecule has 7 nitrogen and oxygen atoms in total. The van der Waals surface area contributed by atoms with E-state index in [-0.39, 0.29) is 18.2 Å². The number of amides is 2. The normalized spacial score (nSPS) is 20.0. The van der Waals surface area contributed by atoms with Crippen LogP contribution in [0.3, 0.4) is 0 Å². The molecule has 2 aromatic rings. The van der Waals surface area contributed by atoms with Crippen LogP contribution in [0.25, 0.3) is 11.1 Å². The summed E-state index contributed by atoms with van der Waals surface area (Å²) < 4.78 is 5.15. The SMILES string of the molecule is COCCN1CCN(C(=O)CC2C(=O)NCCN2Cc2ccc(-c3ccccc3)cc2)CC1. The van der Waals surface area contributed by atoms with E-state index in [4.69, 9.17) is 4.74 Å². The number of ether oxygens (including phenoxy) is 1.